The van der Waals surface area contributed by atoms with Gasteiger partial charge in [0.2, 0.25) is 0 Å². The van der Waals surface area contributed by atoms with Gasteiger partial charge in [-0.2, -0.15) is 0 Å². The van der Waals surface area contributed by atoms with Crippen LogP contribution in [0.2, 0.25) is 0 Å². The molecule has 2 aromatic carbocycles. The molecule has 0 N–H and O–H groups in total. The molecule has 0 saturated heterocycles. The highest BCUT2D eigenvalue weighted by Gasteiger charge is 2.50. The molecule has 22 heavy (non-hydrogen) atoms. The minimum Gasteiger partial charge on any atom is -0.365 e. The summed E-state index contributed by atoms with van der Waals surface area (Å²) in [5.41, 5.74) is -0.609. The Labute approximate surface area is 123 Å². The first-order chi connectivity index (χ1) is 10.5. The molecule has 0 radical (unpaired) electrons. The summed E-state index contributed by atoms with van der Waals surface area (Å²) < 4.78 is 61.6. The van der Waals surface area contributed by atoms with Crippen LogP contribution >= 0.6 is 0 Å². The van der Waals surface area contributed by atoms with Gasteiger partial charge in [0.1, 0.15) is 5.60 Å². The molecule has 1 nitrogen and oxygen atoms in total. The Morgan fingerprint density at radius 1 is 0.955 bits per heavy atom. The molecule has 0 spiro atoms. The van der Waals surface area contributed by atoms with E-state index in [4.69, 9.17) is 4.74 Å². The van der Waals surface area contributed by atoms with E-state index in [-0.39, 0.29) is 11.1 Å². The van der Waals surface area contributed by atoms with Crippen molar-refractivity contribution < 1.29 is 22.3 Å². The Balaban J connectivity index is 2.19. The number of methoxy groups -OCH3 is 1. The van der Waals surface area contributed by atoms with Gasteiger partial charge in [0, 0.05) is 24.2 Å². The Morgan fingerprint density at radius 2 is 1.64 bits per heavy atom. The molecular weight excluding hydrogens is 296 g/mol. The van der Waals surface area contributed by atoms with Crippen LogP contribution in [0.4, 0.5) is 17.6 Å². The van der Waals surface area contributed by atoms with Crippen LogP contribution in [0.3, 0.4) is 0 Å². The zero-order valence-corrected chi connectivity index (χ0v) is 11.5. The van der Waals surface area contributed by atoms with Gasteiger partial charge in [0.05, 0.1) is 0 Å². The zero-order valence-electron chi connectivity index (χ0n) is 11.5. The van der Waals surface area contributed by atoms with Crippen LogP contribution in [0.15, 0.2) is 36.4 Å². The molecule has 2 bridgehead atoms. The van der Waals surface area contributed by atoms with Crippen LogP contribution in [-0.2, 0) is 10.3 Å². The van der Waals surface area contributed by atoms with Crippen molar-refractivity contribution in [3.63, 3.8) is 0 Å². The normalized spacial score (nSPS) is 24.3. The minimum atomic E-state index is -1.81. The second-order valence-corrected chi connectivity index (χ2v) is 5.41. The van der Waals surface area contributed by atoms with Gasteiger partial charge in [0.25, 0.3) is 0 Å². The van der Waals surface area contributed by atoms with E-state index in [1.807, 2.05) is 0 Å². The van der Waals surface area contributed by atoms with Crippen molar-refractivity contribution in [2.24, 2.45) is 0 Å². The summed E-state index contributed by atoms with van der Waals surface area (Å²) >= 11 is 0. The highest BCUT2D eigenvalue weighted by atomic mass is 19.2. The summed E-state index contributed by atoms with van der Waals surface area (Å²) in [6.07, 6.45) is 3.20. The third-order valence-electron chi connectivity index (χ3n) is 4.53. The van der Waals surface area contributed by atoms with E-state index in [9.17, 15) is 17.6 Å². The standard InChI is InChI=1S/C17H10F4O/c1-22-17-7-6-9(8-4-2-3-5-10(8)17)11-12(17)14(19)16(21)15(20)13(11)18/h2-7,9H,1H3. The molecule has 112 valence electrons. The molecule has 3 aliphatic carbocycles. The lowest BCUT2D eigenvalue weighted by molar-refractivity contribution is 0.0530. The van der Waals surface area contributed by atoms with Crippen LogP contribution in [0, 0.1) is 23.3 Å². The van der Waals surface area contributed by atoms with Gasteiger partial charge >= 0.3 is 0 Å². The highest BCUT2D eigenvalue weighted by molar-refractivity contribution is 5.63. The van der Waals surface area contributed by atoms with Crippen molar-refractivity contribution in [1.29, 1.82) is 0 Å². The second-order valence-electron chi connectivity index (χ2n) is 5.41. The summed E-state index contributed by atoms with van der Waals surface area (Å²) in [4.78, 5) is 0. The van der Waals surface area contributed by atoms with Gasteiger partial charge in [-0.05, 0) is 17.2 Å². The van der Waals surface area contributed by atoms with Crippen LogP contribution in [0.25, 0.3) is 0 Å². The minimum absolute atomic E-state index is 0.195. The van der Waals surface area contributed by atoms with E-state index in [1.54, 1.807) is 36.4 Å². The van der Waals surface area contributed by atoms with E-state index >= 15 is 0 Å². The van der Waals surface area contributed by atoms with E-state index in [0.29, 0.717) is 11.1 Å². The summed E-state index contributed by atoms with van der Waals surface area (Å²) in [5, 5.41) is 0. The summed E-state index contributed by atoms with van der Waals surface area (Å²) in [7, 11) is 1.33. The van der Waals surface area contributed by atoms with E-state index in [2.05, 4.69) is 0 Å². The third kappa shape index (κ3) is 1.33. The Bertz CT molecular complexity index is 843. The predicted molar refractivity (Wildman–Crippen MR) is 71.5 cm³/mol. The van der Waals surface area contributed by atoms with E-state index in [0.717, 1.165) is 0 Å². The maximum atomic E-state index is 14.4. The first-order valence-electron chi connectivity index (χ1n) is 6.73. The molecule has 5 heteroatoms. The lowest BCUT2D eigenvalue weighted by Gasteiger charge is -2.44. The molecule has 0 saturated carbocycles. The average Bonchev–Trinajstić information content (AvgIpc) is 2.57. The maximum Gasteiger partial charge on any atom is 0.197 e. The molecule has 0 amide bonds. The van der Waals surface area contributed by atoms with E-state index < -0.39 is 34.8 Å². The van der Waals surface area contributed by atoms with Crippen molar-refractivity contribution >= 4 is 0 Å². The molecule has 0 fully saturated rings. The monoisotopic (exact) mass is 306 g/mol. The van der Waals surface area contributed by atoms with Crippen molar-refractivity contribution in [2.45, 2.75) is 11.5 Å². The van der Waals surface area contributed by atoms with Gasteiger partial charge in [-0.3, -0.25) is 0 Å². The number of hydrogen-bond donors (Lipinski definition) is 0. The molecule has 2 unspecified atom stereocenters. The Kier molecular flexibility index (Phi) is 2.58. The van der Waals surface area contributed by atoms with Gasteiger partial charge in [-0.25, -0.2) is 17.6 Å². The SMILES string of the molecule is COC12C=CC(c3ccccc31)c1c(F)c(F)c(F)c(F)c12. The molecule has 2 aromatic rings. The Morgan fingerprint density at radius 3 is 2.36 bits per heavy atom. The highest BCUT2D eigenvalue weighted by Crippen LogP contribution is 2.54. The quantitative estimate of drug-likeness (QED) is 0.333. The maximum absolute atomic E-state index is 14.4. The number of allylic oxidation sites excluding steroid dienone is 1. The molecule has 0 aromatic heterocycles. The van der Waals surface area contributed by atoms with Crippen LogP contribution in [0.5, 0.6) is 0 Å². The zero-order chi connectivity index (χ0) is 15.6. The summed E-state index contributed by atoms with van der Waals surface area (Å²) in [6.45, 7) is 0. The fraction of sp³-hybridized carbons (Fsp3) is 0.176. The topological polar surface area (TPSA) is 9.23 Å². The third-order valence-corrected chi connectivity index (χ3v) is 4.53. The molecule has 3 aliphatic rings. The summed E-state index contributed by atoms with van der Waals surface area (Å²) in [6, 6.07) is 6.96. The van der Waals surface area contributed by atoms with Crippen LogP contribution in [-0.4, -0.2) is 7.11 Å². The molecule has 0 heterocycles. The Hall–Kier alpha value is -2.14. The summed E-state index contributed by atoms with van der Waals surface area (Å²) in [5.74, 6) is -7.03. The predicted octanol–water partition coefficient (Wildman–Crippen LogP) is 4.15. The molecule has 2 atom stereocenters. The molecular formula is C17H10F4O. The van der Waals surface area contributed by atoms with Crippen LogP contribution in [0.1, 0.15) is 28.2 Å². The van der Waals surface area contributed by atoms with Crippen LogP contribution < -0.4 is 0 Å². The van der Waals surface area contributed by atoms with Crippen molar-refractivity contribution in [1.82, 2.24) is 0 Å². The first-order valence-corrected chi connectivity index (χ1v) is 6.73. The smallest absolute Gasteiger partial charge is 0.197 e. The average molecular weight is 306 g/mol. The largest absolute Gasteiger partial charge is 0.365 e. The van der Waals surface area contributed by atoms with Gasteiger partial charge in [-0.15, -0.1) is 0 Å². The second kappa shape index (κ2) is 4.20. The molecule has 0 aliphatic heterocycles. The van der Waals surface area contributed by atoms with Gasteiger partial charge in [0.15, 0.2) is 23.3 Å². The van der Waals surface area contributed by atoms with Crippen molar-refractivity contribution in [3.8, 4) is 0 Å². The number of benzene rings is 2. The van der Waals surface area contributed by atoms with Crippen molar-refractivity contribution in [3.05, 3.63) is 81.9 Å². The number of rotatable bonds is 1. The number of halogens is 4. The number of ether oxygens (including phenoxy) is 1. The number of hydrogen-bond acceptors (Lipinski definition) is 1. The van der Waals surface area contributed by atoms with Gasteiger partial charge < -0.3 is 4.74 Å². The lowest BCUT2D eigenvalue weighted by Crippen LogP contribution is -2.40. The molecule has 5 rings (SSSR count). The van der Waals surface area contributed by atoms with E-state index in [1.165, 1.54) is 7.11 Å². The van der Waals surface area contributed by atoms with Gasteiger partial charge in [-0.1, -0.05) is 30.3 Å². The first kappa shape index (κ1) is 13.5. The fourth-order valence-electron chi connectivity index (χ4n) is 3.59. The lowest BCUT2D eigenvalue weighted by atomic mass is 9.64. The van der Waals surface area contributed by atoms with Crippen molar-refractivity contribution in [2.75, 3.05) is 7.11 Å². The fourth-order valence-corrected chi connectivity index (χ4v) is 3.59.